The molecule has 0 radical (unpaired) electrons. The summed E-state index contributed by atoms with van der Waals surface area (Å²) in [5.41, 5.74) is 3.79. The first-order chi connectivity index (χ1) is 17.5. The molecule has 2 N–H and O–H groups in total. The Kier molecular flexibility index (Phi) is 7.16. The first kappa shape index (κ1) is 26.1. The van der Waals surface area contributed by atoms with E-state index in [2.05, 4.69) is 5.32 Å². The molecule has 0 fully saturated rings. The van der Waals surface area contributed by atoms with Gasteiger partial charge in [0.15, 0.2) is 11.6 Å². The smallest absolute Gasteiger partial charge is 0.335 e. The zero-order valence-corrected chi connectivity index (χ0v) is 21.4. The Bertz CT molecular complexity index is 1480. The minimum atomic E-state index is -1.04. The van der Waals surface area contributed by atoms with E-state index < -0.39 is 23.0 Å². The van der Waals surface area contributed by atoms with E-state index in [4.69, 9.17) is 0 Å². The van der Waals surface area contributed by atoms with Crippen molar-refractivity contribution in [2.45, 2.75) is 52.6 Å². The summed E-state index contributed by atoms with van der Waals surface area (Å²) in [6.45, 7) is 8.43. The third-order valence-corrected chi connectivity index (χ3v) is 6.43. The standard InChI is InChI=1S/C30H30F2N2O3/c1-5-20-14-21(29(36)37)15-24-25(20)26(28(35)33-16-19-11-12-22(31)23(32)13-19)27(30(2,3)4)34(24)17-18-9-7-6-8-10-18/h6-15H,5,16-17H2,1-4H3,(H,33,35)(H,36,37). The number of hydrogen-bond donors (Lipinski definition) is 2. The fraction of sp³-hybridized carbons (Fsp3) is 0.267. The molecule has 4 rings (SSSR count). The van der Waals surface area contributed by atoms with Crippen molar-refractivity contribution >= 4 is 22.8 Å². The third kappa shape index (κ3) is 5.26. The molecule has 1 amide bonds. The zero-order valence-electron chi connectivity index (χ0n) is 21.4. The SMILES string of the molecule is CCc1cc(C(=O)O)cc2c1c(C(=O)NCc1ccc(F)c(F)c1)c(C(C)(C)C)n2Cc1ccccc1. The molecule has 0 unspecified atom stereocenters. The number of nitrogens with one attached hydrogen (secondary N) is 1. The van der Waals surface area contributed by atoms with Gasteiger partial charge in [-0.15, -0.1) is 0 Å². The normalized spacial score (nSPS) is 11.6. The van der Waals surface area contributed by atoms with Crippen molar-refractivity contribution < 1.29 is 23.5 Å². The van der Waals surface area contributed by atoms with Crippen LogP contribution in [0.1, 0.15) is 70.8 Å². The fourth-order valence-corrected chi connectivity index (χ4v) is 4.81. The zero-order chi connectivity index (χ0) is 26.9. The Morgan fingerprint density at radius 3 is 2.24 bits per heavy atom. The minimum absolute atomic E-state index is 0.0135. The average molecular weight is 505 g/mol. The molecule has 0 aliphatic carbocycles. The van der Waals surface area contributed by atoms with Gasteiger partial charge in [-0.2, -0.15) is 0 Å². The van der Waals surface area contributed by atoms with Gasteiger partial charge in [-0.05, 0) is 47.4 Å². The number of fused-ring (bicyclic) bond motifs is 1. The van der Waals surface area contributed by atoms with E-state index in [-0.39, 0.29) is 18.0 Å². The number of amides is 1. The molecule has 7 heteroatoms. The molecular formula is C30H30F2N2O3. The van der Waals surface area contributed by atoms with Crippen LogP contribution >= 0.6 is 0 Å². The van der Waals surface area contributed by atoms with Gasteiger partial charge in [-0.3, -0.25) is 4.79 Å². The van der Waals surface area contributed by atoms with Gasteiger partial charge in [0.25, 0.3) is 5.91 Å². The van der Waals surface area contributed by atoms with Crippen LogP contribution in [-0.4, -0.2) is 21.6 Å². The molecule has 0 spiro atoms. The van der Waals surface area contributed by atoms with Gasteiger partial charge in [-0.25, -0.2) is 13.6 Å². The Hall–Kier alpha value is -4.00. The van der Waals surface area contributed by atoms with Crippen LogP contribution in [0.3, 0.4) is 0 Å². The summed E-state index contributed by atoms with van der Waals surface area (Å²) < 4.78 is 29.1. The van der Waals surface area contributed by atoms with E-state index in [1.807, 2.05) is 62.6 Å². The summed E-state index contributed by atoms with van der Waals surface area (Å²) in [7, 11) is 0. The van der Waals surface area contributed by atoms with Crippen LogP contribution in [0.25, 0.3) is 10.9 Å². The lowest BCUT2D eigenvalue weighted by Crippen LogP contribution is -2.28. The van der Waals surface area contributed by atoms with Crippen LogP contribution in [0.2, 0.25) is 0 Å². The van der Waals surface area contributed by atoms with Crippen molar-refractivity contribution in [3.8, 4) is 0 Å². The Labute approximate surface area is 214 Å². The second kappa shape index (κ2) is 10.2. The number of halogens is 2. The number of carbonyl (C=O) groups excluding carboxylic acids is 1. The molecule has 37 heavy (non-hydrogen) atoms. The highest BCUT2D eigenvalue weighted by atomic mass is 19.2. The quantitative estimate of drug-likeness (QED) is 0.304. The topological polar surface area (TPSA) is 71.3 Å². The largest absolute Gasteiger partial charge is 0.478 e. The van der Waals surface area contributed by atoms with E-state index in [9.17, 15) is 23.5 Å². The highest BCUT2D eigenvalue weighted by molar-refractivity contribution is 6.11. The van der Waals surface area contributed by atoms with E-state index in [0.717, 1.165) is 29.0 Å². The van der Waals surface area contributed by atoms with Crippen molar-refractivity contribution in [2.75, 3.05) is 0 Å². The van der Waals surface area contributed by atoms with Gasteiger partial charge in [0.1, 0.15) is 0 Å². The second-order valence-electron chi connectivity index (χ2n) is 10.2. The molecular weight excluding hydrogens is 474 g/mol. The molecule has 1 heterocycles. The van der Waals surface area contributed by atoms with Gasteiger partial charge >= 0.3 is 5.97 Å². The monoisotopic (exact) mass is 504 g/mol. The molecule has 1 aromatic heterocycles. The maximum absolute atomic E-state index is 13.8. The molecule has 192 valence electrons. The van der Waals surface area contributed by atoms with Crippen molar-refractivity contribution in [1.82, 2.24) is 9.88 Å². The van der Waals surface area contributed by atoms with Crippen LogP contribution in [0.5, 0.6) is 0 Å². The van der Waals surface area contributed by atoms with Crippen molar-refractivity contribution in [3.05, 3.63) is 106 Å². The second-order valence-corrected chi connectivity index (χ2v) is 10.2. The van der Waals surface area contributed by atoms with Crippen LogP contribution in [0, 0.1) is 11.6 Å². The van der Waals surface area contributed by atoms with E-state index in [1.54, 1.807) is 12.1 Å². The maximum Gasteiger partial charge on any atom is 0.335 e. The van der Waals surface area contributed by atoms with E-state index in [0.29, 0.717) is 35.0 Å². The first-order valence-corrected chi connectivity index (χ1v) is 12.2. The summed E-state index contributed by atoms with van der Waals surface area (Å²) in [6.07, 6.45) is 0.528. The van der Waals surface area contributed by atoms with Gasteiger partial charge in [0.2, 0.25) is 0 Å². The van der Waals surface area contributed by atoms with Gasteiger partial charge in [0.05, 0.1) is 16.6 Å². The van der Waals surface area contributed by atoms with Crippen molar-refractivity contribution in [2.24, 2.45) is 0 Å². The number of rotatable bonds is 7. The Balaban J connectivity index is 1.93. The number of hydrogen-bond acceptors (Lipinski definition) is 2. The molecule has 0 saturated heterocycles. The lowest BCUT2D eigenvalue weighted by molar-refractivity contribution is 0.0696. The highest BCUT2D eigenvalue weighted by Crippen LogP contribution is 2.38. The third-order valence-electron chi connectivity index (χ3n) is 6.43. The van der Waals surface area contributed by atoms with Gasteiger partial charge in [-0.1, -0.05) is 64.1 Å². The highest BCUT2D eigenvalue weighted by Gasteiger charge is 2.32. The molecule has 5 nitrogen and oxygen atoms in total. The number of aromatic carboxylic acids is 1. The lowest BCUT2D eigenvalue weighted by Gasteiger charge is -2.24. The molecule has 0 saturated carbocycles. The minimum Gasteiger partial charge on any atom is -0.478 e. The van der Waals surface area contributed by atoms with Crippen molar-refractivity contribution in [3.63, 3.8) is 0 Å². The van der Waals surface area contributed by atoms with Gasteiger partial charge < -0.3 is 15.0 Å². The maximum atomic E-state index is 13.8. The van der Waals surface area contributed by atoms with Crippen LogP contribution in [0.4, 0.5) is 8.78 Å². The summed E-state index contributed by atoms with van der Waals surface area (Å²) in [6, 6.07) is 16.6. The van der Waals surface area contributed by atoms with E-state index in [1.165, 1.54) is 6.07 Å². The van der Waals surface area contributed by atoms with E-state index >= 15 is 0 Å². The van der Waals surface area contributed by atoms with Crippen LogP contribution in [0.15, 0.2) is 60.7 Å². The predicted molar refractivity (Wildman–Crippen MR) is 140 cm³/mol. The van der Waals surface area contributed by atoms with Gasteiger partial charge in [0, 0.05) is 29.6 Å². The number of aromatic nitrogens is 1. The number of benzene rings is 3. The van der Waals surface area contributed by atoms with Crippen molar-refractivity contribution in [1.29, 1.82) is 0 Å². The number of carbonyl (C=O) groups is 2. The summed E-state index contributed by atoms with van der Waals surface area (Å²) in [5, 5.41) is 13.4. The molecule has 4 aromatic rings. The average Bonchev–Trinajstić information content (AvgIpc) is 3.19. The summed E-state index contributed by atoms with van der Waals surface area (Å²) in [4.78, 5) is 25.8. The molecule has 0 aliphatic rings. The number of carboxylic acid groups (broad SMARTS) is 1. The lowest BCUT2D eigenvalue weighted by atomic mass is 9.87. The molecule has 0 bridgehead atoms. The Morgan fingerprint density at radius 1 is 0.946 bits per heavy atom. The predicted octanol–water partition coefficient (Wildman–Crippen LogP) is 6.46. The molecule has 3 aromatic carbocycles. The molecule has 0 aliphatic heterocycles. The fourth-order valence-electron chi connectivity index (χ4n) is 4.81. The summed E-state index contributed by atoms with van der Waals surface area (Å²) in [5.74, 6) is -3.32. The number of carboxylic acids is 1. The van der Waals surface area contributed by atoms with Crippen LogP contribution in [-0.2, 0) is 24.9 Å². The summed E-state index contributed by atoms with van der Waals surface area (Å²) >= 11 is 0. The Morgan fingerprint density at radius 2 is 1.65 bits per heavy atom. The first-order valence-electron chi connectivity index (χ1n) is 12.2. The molecule has 0 atom stereocenters. The number of aryl methyl sites for hydroxylation is 1. The number of nitrogens with zero attached hydrogens (tertiary/aromatic N) is 1. The van der Waals surface area contributed by atoms with Crippen LogP contribution < -0.4 is 5.32 Å².